The molecule has 1 unspecified atom stereocenters. The molecule has 0 spiro atoms. The average molecular weight is 267 g/mol. The molecule has 0 amide bonds. The quantitative estimate of drug-likeness (QED) is 0.832. The molecule has 0 bridgehead atoms. The van der Waals surface area contributed by atoms with E-state index in [-0.39, 0.29) is 11.9 Å². The molecule has 0 aliphatic heterocycles. The number of aliphatic hydroxyl groups is 1. The summed E-state index contributed by atoms with van der Waals surface area (Å²) < 4.78 is 19.0. The molecule has 1 saturated carbocycles. The Balaban J connectivity index is 1.66. The highest BCUT2D eigenvalue weighted by Gasteiger charge is 2.15. The molecular weight excluding hydrogens is 245 g/mol. The van der Waals surface area contributed by atoms with Gasteiger partial charge >= 0.3 is 0 Å². The Labute approximate surface area is 113 Å². The molecule has 1 atom stereocenters. The van der Waals surface area contributed by atoms with Crippen LogP contribution in [0.2, 0.25) is 0 Å². The lowest BCUT2D eigenvalue weighted by Gasteiger charge is -2.23. The van der Waals surface area contributed by atoms with Crippen LogP contribution in [0.4, 0.5) is 10.1 Å². The molecule has 1 aliphatic rings. The molecule has 0 heterocycles. The number of para-hydroxylation sites is 1. The zero-order chi connectivity index (χ0) is 13.5. The summed E-state index contributed by atoms with van der Waals surface area (Å²) in [6.07, 6.45) is 5.58. The minimum Gasteiger partial charge on any atom is -0.389 e. The van der Waals surface area contributed by atoms with E-state index in [0.29, 0.717) is 18.8 Å². The molecule has 3 nitrogen and oxygen atoms in total. The minimum atomic E-state index is -0.610. The van der Waals surface area contributed by atoms with E-state index in [1.165, 1.54) is 25.3 Å². The third-order valence-electron chi connectivity index (χ3n) is 3.48. The van der Waals surface area contributed by atoms with E-state index in [4.69, 9.17) is 4.74 Å². The fourth-order valence-corrected chi connectivity index (χ4v) is 2.37. The Hall–Kier alpha value is -1.13. The van der Waals surface area contributed by atoms with Crippen molar-refractivity contribution in [1.82, 2.24) is 0 Å². The van der Waals surface area contributed by atoms with Gasteiger partial charge in [-0.05, 0) is 25.0 Å². The predicted octanol–water partition coefficient (Wildman–Crippen LogP) is 2.95. The van der Waals surface area contributed by atoms with Crippen LogP contribution in [0.15, 0.2) is 24.3 Å². The first-order valence-electron chi connectivity index (χ1n) is 7.04. The van der Waals surface area contributed by atoms with Crippen LogP contribution in [-0.2, 0) is 4.74 Å². The van der Waals surface area contributed by atoms with Gasteiger partial charge in [0.05, 0.1) is 24.5 Å². The Morgan fingerprint density at radius 3 is 2.74 bits per heavy atom. The number of ether oxygens (including phenoxy) is 1. The molecule has 19 heavy (non-hydrogen) atoms. The highest BCUT2D eigenvalue weighted by Crippen LogP contribution is 2.20. The van der Waals surface area contributed by atoms with Crippen LogP contribution in [-0.4, -0.2) is 30.5 Å². The van der Waals surface area contributed by atoms with Gasteiger partial charge in [0.2, 0.25) is 0 Å². The second-order valence-electron chi connectivity index (χ2n) is 5.11. The molecule has 106 valence electrons. The van der Waals surface area contributed by atoms with Gasteiger partial charge in [-0.25, -0.2) is 4.39 Å². The molecule has 4 heteroatoms. The Morgan fingerprint density at radius 1 is 1.26 bits per heavy atom. The summed E-state index contributed by atoms with van der Waals surface area (Å²) in [6, 6.07) is 6.46. The number of hydrogen-bond donors (Lipinski definition) is 2. The molecule has 0 saturated heterocycles. The first-order valence-corrected chi connectivity index (χ1v) is 7.04. The fourth-order valence-electron chi connectivity index (χ4n) is 2.37. The van der Waals surface area contributed by atoms with Gasteiger partial charge in [0.25, 0.3) is 0 Å². The predicted molar refractivity (Wildman–Crippen MR) is 73.7 cm³/mol. The van der Waals surface area contributed by atoms with Gasteiger partial charge in [0.1, 0.15) is 5.82 Å². The van der Waals surface area contributed by atoms with Crippen molar-refractivity contribution in [3.63, 3.8) is 0 Å². The highest BCUT2D eigenvalue weighted by atomic mass is 19.1. The van der Waals surface area contributed by atoms with Crippen LogP contribution in [0.1, 0.15) is 32.1 Å². The molecule has 1 aromatic rings. The summed E-state index contributed by atoms with van der Waals surface area (Å²) in [4.78, 5) is 0. The zero-order valence-electron chi connectivity index (χ0n) is 11.1. The number of aliphatic hydroxyl groups excluding tert-OH is 1. The first kappa shape index (κ1) is 14.3. The number of nitrogens with one attached hydrogen (secondary N) is 1. The van der Waals surface area contributed by atoms with Gasteiger partial charge in [0.15, 0.2) is 0 Å². The van der Waals surface area contributed by atoms with Crippen LogP contribution >= 0.6 is 0 Å². The van der Waals surface area contributed by atoms with Gasteiger partial charge in [-0.2, -0.15) is 0 Å². The summed E-state index contributed by atoms with van der Waals surface area (Å²) in [6.45, 7) is 0.611. The first-order chi connectivity index (χ1) is 9.25. The van der Waals surface area contributed by atoms with E-state index in [1.54, 1.807) is 18.2 Å². The topological polar surface area (TPSA) is 41.5 Å². The van der Waals surface area contributed by atoms with Crippen LogP contribution in [0.5, 0.6) is 0 Å². The maximum atomic E-state index is 13.3. The zero-order valence-corrected chi connectivity index (χ0v) is 11.1. The molecular formula is C15H22FNO2. The molecule has 1 aliphatic carbocycles. The number of hydrogen-bond acceptors (Lipinski definition) is 3. The number of anilines is 1. The van der Waals surface area contributed by atoms with E-state index >= 15 is 0 Å². The number of rotatable bonds is 6. The summed E-state index contributed by atoms with van der Waals surface area (Å²) in [7, 11) is 0. The van der Waals surface area contributed by atoms with Crippen molar-refractivity contribution in [2.75, 3.05) is 18.5 Å². The SMILES string of the molecule is OC(CNc1ccccc1F)COC1CCCCC1. The van der Waals surface area contributed by atoms with Gasteiger partial charge in [-0.3, -0.25) is 0 Å². The lowest BCUT2D eigenvalue weighted by Crippen LogP contribution is -2.28. The normalized spacial score (nSPS) is 18.2. The van der Waals surface area contributed by atoms with Crippen molar-refractivity contribution >= 4 is 5.69 Å². The van der Waals surface area contributed by atoms with Crippen molar-refractivity contribution < 1.29 is 14.2 Å². The summed E-state index contributed by atoms with van der Waals surface area (Å²) in [5.74, 6) is -0.303. The van der Waals surface area contributed by atoms with E-state index in [0.717, 1.165) is 12.8 Å². The molecule has 0 radical (unpaired) electrons. The van der Waals surface area contributed by atoms with Gasteiger partial charge in [-0.15, -0.1) is 0 Å². The Kier molecular flexibility index (Phi) is 5.61. The molecule has 1 aromatic carbocycles. The summed E-state index contributed by atoms with van der Waals surface area (Å²) in [5, 5.41) is 12.7. The van der Waals surface area contributed by atoms with Crippen molar-refractivity contribution in [2.45, 2.75) is 44.3 Å². The second kappa shape index (κ2) is 7.46. The van der Waals surface area contributed by atoms with Gasteiger partial charge in [0, 0.05) is 6.54 Å². The molecule has 2 rings (SSSR count). The fraction of sp³-hybridized carbons (Fsp3) is 0.600. The second-order valence-corrected chi connectivity index (χ2v) is 5.11. The van der Waals surface area contributed by atoms with Crippen LogP contribution in [0.25, 0.3) is 0 Å². The Morgan fingerprint density at radius 2 is 2.00 bits per heavy atom. The minimum absolute atomic E-state index is 0.289. The highest BCUT2D eigenvalue weighted by molar-refractivity contribution is 5.44. The largest absolute Gasteiger partial charge is 0.389 e. The van der Waals surface area contributed by atoms with E-state index in [1.807, 2.05) is 0 Å². The van der Waals surface area contributed by atoms with Crippen LogP contribution in [0, 0.1) is 5.82 Å². The third-order valence-corrected chi connectivity index (χ3v) is 3.48. The number of halogens is 1. The van der Waals surface area contributed by atoms with E-state index in [9.17, 15) is 9.50 Å². The van der Waals surface area contributed by atoms with Crippen molar-refractivity contribution in [1.29, 1.82) is 0 Å². The van der Waals surface area contributed by atoms with E-state index < -0.39 is 6.10 Å². The standard InChI is InChI=1S/C15H22FNO2/c16-14-8-4-5-9-15(14)17-10-12(18)11-19-13-6-2-1-3-7-13/h4-5,8-9,12-13,17-18H,1-3,6-7,10-11H2. The Bertz CT molecular complexity index is 380. The van der Waals surface area contributed by atoms with Crippen molar-refractivity contribution in [3.05, 3.63) is 30.1 Å². The van der Waals surface area contributed by atoms with Crippen LogP contribution in [0.3, 0.4) is 0 Å². The monoisotopic (exact) mass is 267 g/mol. The molecule has 1 fully saturated rings. The lowest BCUT2D eigenvalue weighted by atomic mass is 9.98. The maximum absolute atomic E-state index is 13.3. The van der Waals surface area contributed by atoms with E-state index in [2.05, 4.69) is 5.32 Å². The van der Waals surface area contributed by atoms with Crippen molar-refractivity contribution in [3.8, 4) is 0 Å². The average Bonchev–Trinajstić information content (AvgIpc) is 2.45. The van der Waals surface area contributed by atoms with Gasteiger partial charge < -0.3 is 15.2 Å². The molecule has 0 aromatic heterocycles. The third kappa shape index (κ3) is 4.80. The summed E-state index contributed by atoms with van der Waals surface area (Å²) >= 11 is 0. The smallest absolute Gasteiger partial charge is 0.146 e. The number of benzene rings is 1. The maximum Gasteiger partial charge on any atom is 0.146 e. The molecule has 2 N–H and O–H groups in total. The lowest BCUT2D eigenvalue weighted by molar-refractivity contribution is -0.0195. The summed E-state index contributed by atoms with van der Waals surface area (Å²) in [5.41, 5.74) is 0.416. The van der Waals surface area contributed by atoms with Crippen molar-refractivity contribution in [2.24, 2.45) is 0 Å². The van der Waals surface area contributed by atoms with Crippen LogP contribution < -0.4 is 5.32 Å². The van der Waals surface area contributed by atoms with Gasteiger partial charge in [-0.1, -0.05) is 31.4 Å².